The lowest BCUT2D eigenvalue weighted by atomic mass is 10.1. The highest BCUT2D eigenvalue weighted by Gasteiger charge is 2.14. The van der Waals surface area contributed by atoms with Crippen LogP contribution in [0, 0.1) is 12.7 Å². The quantitative estimate of drug-likeness (QED) is 0.629. The van der Waals surface area contributed by atoms with E-state index in [0.717, 1.165) is 11.1 Å². The van der Waals surface area contributed by atoms with Gasteiger partial charge in [0.15, 0.2) is 6.61 Å². The number of halogens is 1. The van der Waals surface area contributed by atoms with Crippen molar-refractivity contribution in [2.24, 2.45) is 0 Å². The van der Waals surface area contributed by atoms with Gasteiger partial charge in [-0.25, -0.2) is 9.18 Å². The van der Waals surface area contributed by atoms with Crippen molar-refractivity contribution in [3.63, 3.8) is 0 Å². The zero-order valence-corrected chi connectivity index (χ0v) is 13.3. The zero-order valence-electron chi connectivity index (χ0n) is 13.3. The van der Waals surface area contributed by atoms with Crippen LogP contribution in [0.4, 0.5) is 10.1 Å². The molecule has 0 unspecified atom stereocenters. The minimum atomic E-state index is -0.634. The maximum Gasteiger partial charge on any atom is 0.340 e. The van der Waals surface area contributed by atoms with Gasteiger partial charge in [0.25, 0.3) is 5.91 Å². The van der Waals surface area contributed by atoms with Gasteiger partial charge in [-0.15, -0.1) is 0 Å². The van der Waals surface area contributed by atoms with E-state index in [1.807, 2.05) is 0 Å². The minimum absolute atomic E-state index is 0.245. The van der Waals surface area contributed by atoms with Crippen LogP contribution in [0.5, 0.6) is 0 Å². The maximum atomic E-state index is 12.8. The van der Waals surface area contributed by atoms with Crippen molar-refractivity contribution < 1.29 is 18.7 Å². The third kappa shape index (κ3) is 4.81. The van der Waals surface area contributed by atoms with E-state index in [4.69, 9.17) is 10.5 Å². The van der Waals surface area contributed by atoms with Gasteiger partial charge in [0.05, 0.1) is 5.56 Å². The molecule has 3 N–H and O–H groups in total. The highest BCUT2D eigenvalue weighted by atomic mass is 19.1. The number of amides is 1. The summed E-state index contributed by atoms with van der Waals surface area (Å²) in [7, 11) is 0. The van der Waals surface area contributed by atoms with Gasteiger partial charge in [0, 0.05) is 12.2 Å². The van der Waals surface area contributed by atoms with Crippen LogP contribution in [-0.4, -0.2) is 25.0 Å². The molecule has 0 bridgehead atoms. The first-order chi connectivity index (χ1) is 11.5. The Balaban J connectivity index is 1.75. The number of carbonyl (C=O) groups excluding carboxylic acids is 2. The standard InChI is InChI=1S/C18H19FN2O3/c1-12-3-2-4-15(17(12)20)18(23)24-11-16(22)21-10-9-13-5-7-14(19)8-6-13/h2-8H,9-11,20H2,1H3,(H,21,22). The van der Waals surface area contributed by atoms with Crippen molar-refractivity contribution in [1.29, 1.82) is 0 Å². The van der Waals surface area contributed by atoms with E-state index in [0.29, 0.717) is 18.7 Å². The van der Waals surface area contributed by atoms with Crippen LogP contribution in [0.25, 0.3) is 0 Å². The smallest absolute Gasteiger partial charge is 0.340 e. The van der Waals surface area contributed by atoms with Crippen LogP contribution in [-0.2, 0) is 16.0 Å². The number of nitrogens with two attached hydrogens (primary N) is 1. The molecule has 6 heteroatoms. The minimum Gasteiger partial charge on any atom is -0.452 e. The summed E-state index contributed by atoms with van der Waals surface area (Å²) >= 11 is 0. The number of carbonyl (C=O) groups is 2. The molecule has 0 radical (unpaired) electrons. The normalized spacial score (nSPS) is 10.2. The molecule has 0 fully saturated rings. The summed E-state index contributed by atoms with van der Waals surface area (Å²) in [5.74, 6) is -1.34. The largest absolute Gasteiger partial charge is 0.452 e. The zero-order chi connectivity index (χ0) is 17.5. The maximum absolute atomic E-state index is 12.8. The second-order valence-electron chi connectivity index (χ2n) is 5.34. The lowest BCUT2D eigenvalue weighted by molar-refractivity contribution is -0.124. The topological polar surface area (TPSA) is 81.4 Å². The van der Waals surface area contributed by atoms with E-state index in [-0.39, 0.29) is 18.0 Å². The molecule has 2 aromatic rings. The van der Waals surface area contributed by atoms with Gasteiger partial charge in [-0.05, 0) is 42.7 Å². The van der Waals surface area contributed by atoms with Gasteiger partial charge in [-0.1, -0.05) is 24.3 Å². The average molecular weight is 330 g/mol. The summed E-state index contributed by atoms with van der Waals surface area (Å²) in [5.41, 5.74) is 8.08. The number of anilines is 1. The van der Waals surface area contributed by atoms with E-state index >= 15 is 0 Å². The van der Waals surface area contributed by atoms with Crippen LogP contribution >= 0.6 is 0 Å². The molecule has 24 heavy (non-hydrogen) atoms. The van der Waals surface area contributed by atoms with Gasteiger partial charge in [-0.2, -0.15) is 0 Å². The van der Waals surface area contributed by atoms with Crippen LogP contribution in [0.15, 0.2) is 42.5 Å². The Kier molecular flexibility index (Phi) is 5.89. The Labute approximate surface area is 139 Å². The first kappa shape index (κ1) is 17.5. The number of nitrogen functional groups attached to an aromatic ring is 1. The molecule has 0 spiro atoms. The van der Waals surface area contributed by atoms with Crippen molar-refractivity contribution in [2.45, 2.75) is 13.3 Å². The van der Waals surface area contributed by atoms with Gasteiger partial charge >= 0.3 is 5.97 Å². The molecule has 126 valence electrons. The highest BCUT2D eigenvalue weighted by Crippen LogP contribution is 2.17. The number of esters is 1. The van der Waals surface area contributed by atoms with Crippen LogP contribution in [0.3, 0.4) is 0 Å². The second-order valence-corrected chi connectivity index (χ2v) is 5.34. The molecule has 0 aromatic heterocycles. The Hall–Kier alpha value is -2.89. The lowest BCUT2D eigenvalue weighted by Gasteiger charge is -2.09. The fraction of sp³-hybridized carbons (Fsp3) is 0.222. The highest BCUT2D eigenvalue weighted by molar-refractivity contribution is 5.96. The Morgan fingerprint density at radius 1 is 1.17 bits per heavy atom. The lowest BCUT2D eigenvalue weighted by Crippen LogP contribution is -2.30. The van der Waals surface area contributed by atoms with E-state index in [1.54, 1.807) is 37.3 Å². The third-order valence-electron chi connectivity index (χ3n) is 3.53. The summed E-state index contributed by atoms with van der Waals surface area (Å²) in [5, 5.41) is 2.64. The Morgan fingerprint density at radius 2 is 1.88 bits per heavy atom. The van der Waals surface area contributed by atoms with Crippen molar-refractivity contribution >= 4 is 17.6 Å². The number of aryl methyl sites for hydroxylation is 1. The van der Waals surface area contributed by atoms with Gasteiger partial charge in [-0.3, -0.25) is 4.79 Å². The first-order valence-electron chi connectivity index (χ1n) is 7.50. The van der Waals surface area contributed by atoms with Crippen molar-refractivity contribution in [1.82, 2.24) is 5.32 Å². The van der Waals surface area contributed by atoms with Gasteiger partial charge in [0.2, 0.25) is 0 Å². The number of nitrogens with one attached hydrogen (secondary N) is 1. The number of hydrogen-bond acceptors (Lipinski definition) is 4. The molecule has 5 nitrogen and oxygen atoms in total. The molecular weight excluding hydrogens is 311 g/mol. The van der Waals surface area contributed by atoms with Crippen LogP contribution in [0.2, 0.25) is 0 Å². The molecule has 0 saturated heterocycles. The summed E-state index contributed by atoms with van der Waals surface area (Å²) in [6.45, 7) is 1.78. The molecule has 2 rings (SSSR count). The van der Waals surface area contributed by atoms with E-state index < -0.39 is 11.9 Å². The predicted octanol–water partition coefficient (Wildman–Crippen LogP) is 2.23. The number of benzene rings is 2. The molecule has 0 aliphatic rings. The average Bonchev–Trinajstić information content (AvgIpc) is 2.57. The monoisotopic (exact) mass is 330 g/mol. The van der Waals surface area contributed by atoms with Crippen LogP contribution in [0.1, 0.15) is 21.5 Å². The van der Waals surface area contributed by atoms with Gasteiger partial charge < -0.3 is 15.8 Å². The SMILES string of the molecule is Cc1cccc(C(=O)OCC(=O)NCCc2ccc(F)cc2)c1N. The third-order valence-corrected chi connectivity index (χ3v) is 3.53. The Bertz CT molecular complexity index is 730. The molecule has 0 aliphatic heterocycles. The van der Waals surface area contributed by atoms with Gasteiger partial charge in [0.1, 0.15) is 5.82 Å². The molecule has 0 saturated carbocycles. The molecule has 2 aromatic carbocycles. The summed E-state index contributed by atoms with van der Waals surface area (Å²) in [6.07, 6.45) is 0.560. The second kappa shape index (κ2) is 8.10. The number of rotatable bonds is 6. The number of ether oxygens (including phenoxy) is 1. The van der Waals surface area contributed by atoms with Crippen LogP contribution < -0.4 is 11.1 Å². The number of para-hydroxylation sites is 1. The van der Waals surface area contributed by atoms with Crippen molar-refractivity contribution in [2.75, 3.05) is 18.9 Å². The predicted molar refractivity (Wildman–Crippen MR) is 89.0 cm³/mol. The van der Waals surface area contributed by atoms with E-state index in [2.05, 4.69) is 5.32 Å². The fourth-order valence-corrected chi connectivity index (χ4v) is 2.12. The molecule has 0 atom stereocenters. The van der Waals surface area contributed by atoms with E-state index in [1.165, 1.54) is 12.1 Å². The summed E-state index contributed by atoms with van der Waals surface area (Å²) in [6, 6.07) is 11.1. The molecular formula is C18H19FN2O3. The van der Waals surface area contributed by atoms with Crippen molar-refractivity contribution in [3.05, 3.63) is 65.0 Å². The molecule has 1 amide bonds. The summed E-state index contributed by atoms with van der Waals surface area (Å²) in [4.78, 5) is 23.6. The molecule has 0 aliphatic carbocycles. The van der Waals surface area contributed by atoms with Crippen molar-refractivity contribution in [3.8, 4) is 0 Å². The first-order valence-corrected chi connectivity index (χ1v) is 7.50. The number of hydrogen-bond donors (Lipinski definition) is 2. The van der Waals surface area contributed by atoms with E-state index in [9.17, 15) is 14.0 Å². The summed E-state index contributed by atoms with van der Waals surface area (Å²) < 4.78 is 17.7. The fourth-order valence-electron chi connectivity index (χ4n) is 2.12. The molecule has 0 heterocycles. The Morgan fingerprint density at radius 3 is 2.58 bits per heavy atom.